The third-order valence-electron chi connectivity index (χ3n) is 5.14. The van der Waals surface area contributed by atoms with Gasteiger partial charge >= 0.3 is 0 Å². The minimum absolute atomic E-state index is 0.225. The molecule has 3 rings (SSSR count). The van der Waals surface area contributed by atoms with E-state index in [1.54, 1.807) is 21.1 Å². The number of carbonyl (C=O) groups excluding carboxylic acids is 1. The molecule has 1 amide bonds. The van der Waals surface area contributed by atoms with Gasteiger partial charge in [-0.2, -0.15) is 5.10 Å². The first kappa shape index (κ1) is 21.7. The molecule has 0 aliphatic heterocycles. The van der Waals surface area contributed by atoms with Crippen LogP contribution in [0.4, 0.5) is 0 Å². The largest absolute Gasteiger partial charge is 0.496 e. The second-order valence-electron chi connectivity index (χ2n) is 7.39. The van der Waals surface area contributed by atoms with E-state index in [1.807, 2.05) is 45.9 Å². The molecule has 0 fully saturated rings. The molecule has 1 aromatic carbocycles. The number of ether oxygens (including phenoxy) is 1. The second kappa shape index (κ2) is 8.39. The zero-order valence-corrected chi connectivity index (χ0v) is 19.1. The average molecular weight is 427 g/mol. The maximum Gasteiger partial charge on any atom is 0.277 e. The van der Waals surface area contributed by atoms with Crippen LogP contribution in [0.3, 0.4) is 0 Å². The zero-order valence-electron chi connectivity index (χ0n) is 18.3. The SMILES string of the molecule is COc1ccc(C)cc1C(C)NC(=O)c1sc(-c2c(C)c(C)nn(C)c2=O)nc1C. The quantitative estimate of drug-likeness (QED) is 0.673. The lowest BCUT2D eigenvalue weighted by Crippen LogP contribution is -2.26. The van der Waals surface area contributed by atoms with Crippen LogP contribution in [0.5, 0.6) is 5.75 Å². The van der Waals surface area contributed by atoms with Crippen LogP contribution in [0.2, 0.25) is 0 Å². The molecule has 0 aliphatic carbocycles. The molecule has 2 heterocycles. The summed E-state index contributed by atoms with van der Waals surface area (Å²) in [5.41, 5.74) is 4.38. The van der Waals surface area contributed by atoms with Crippen molar-refractivity contribution < 1.29 is 9.53 Å². The highest BCUT2D eigenvalue weighted by atomic mass is 32.1. The lowest BCUT2D eigenvalue weighted by Gasteiger charge is -2.17. The van der Waals surface area contributed by atoms with Gasteiger partial charge in [0.1, 0.15) is 15.6 Å². The summed E-state index contributed by atoms with van der Waals surface area (Å²) >= 11 is 1.22. The van der Waals surface area contributed by atoms with Crippen LogP contribution in [0, 0.1) is 27.7 Å². The normalized spacial score (nSPS) is 12.0. The number of methoxy groups -OCH3 is 1. The Morgan fingerprint density at radius 2 is 1.90 bits per heavy atom. The lowest BCUT2D eigenvalue weighted by atomic mass is 10.0. The van der Waals surface area contributed by atoms with E-state index in [9.17, 15) is 9.59 Å². The summed E-state index contributed by atoms with van der Waals surface area (Å²) in [6.07, 6.45) is 0. The molecule has 1 unspecified atom stereocenters. The van der Waals surface area contributed by atoms with Crippen LogP contribution in [-0.2, 0) is 7.05 Å². The summed E-state index contributed by atoms with van der Waals surface area (Å²) in [5.74, 6) is 0.495. The van der Waals surface area contributed by atoms with Crippen molar-refractivity contribution >= 4 is 17.2 Å². The van der Waals surface area contributed by atoms with Crippen LogP contribution in [-0.4, -0.2) is 27.8 Å². The molecule has 0 bridgehead atoms. The molecule has 1 N–H and O–H groups in total. The first-order valence-corrected chi connectivity index (χ1v) is 10.4. The van der Waals surface area contributed by atoms with E-state index in [0.29, 0.717) is 21.1 Å². The highest BCUT2D eigenvalue weighted by Gasteiger charge is 2.23. The maximum absolute atomic E-state index is 13.0. The van der Waals surface area contributed by atoms with E-state index in [4.69, 9.17) is 4.74 Å². The van der Waals surface area contributed by atoms with E-state index in [2.05, 4.69) is 15.4 Å². The summed E-state index contributed by atoms with van der Waals surface area (Å²) in [6.45, 7) is 9.39. The van der Waals surface area contributed by atoms with E-state index in [-0.39, 0.29) is 17.5 Å². The number of aryl methyl sites for hydroxylation is 4. The number of nitrogens with one attached hydrogen (secondary N) is 1. The van der Waals surface area contributed by atoms with Gasteiger partial charge < -0.3 is 10.1 Å². The van der Waals surface area contributed by atoms with Gasteiger partial charge in [-0.15, -0.1) is 11.3 Å². The molecule has 8 heteroatoms. The Kier molecular flexibility index (Phi) is 6.07. The molecule has 0 saturated heterocycles. The van der Waals surface area contributed by atoms with Crippen molar-refractivity contribution in [2.75, 3.05) is 7.11 Å². The predicted molar refractivity (Wildman–Crippen MR) is 118 cm³/mol. The molecule has 7 nitrogen and oxygen atoms in total. The van der Waals surface area contributed by atoms with Crippen molar-refractivity contribution in [3.05, 3.63) is 61.5 Å². The number of aromatic nitrogens is 3. The standard InChI is InChI=1S/C22H26N4O3S/c1-11-8-9-17(29-7)16(10-11)14(4)23-20(27)19-15(5)24-21(30-19)18-12(2)13(3)25-26(6)22(18)28/h8-10,14H,1-7H3,(H,23,27). The van der Waals surface area contributed by atoms with E-state index in [0.717, 1.165) is 28.1 Å². The molecular weight excluding hydrogens is 400 g/mol. The van der Waals surface area contributed by atoms with Gasteiger partial charge in [0.15, 0.2) is 0 Å². The van der Waals surface area contributed by atoms with Gasteiger partial charge in [0.2, 0.25) is 0 Å². The number of rotatable bonds is 5. The molecular formula is C22H26N4O3S. The molecule has 158 valence electrons. The van der Waals surface area contributed by atoms with Gasteiger partial charge in [-0.05, 0) is 46.2 Å². The van der Waals surface area contributed by atoms with Crippen LogP contribution < -0.4 is 15.6 Å². The van der Waals surface area contributed by atoms with Gasteiger partial charge in [-0.25, -0.2) is 9.67 Å². The summed E-state index contributed by atoms with van der Waals surface area (Å²) in [4.78, 5) is 30.7. The van der Waals surface area contributed by atoms with Crippen molar-refractivity contribution in [2.24, 2.45) is 7.05 Å². The minimum Gasteiger partial charge on any atom is -0.496 e. The monoisotopic (exact) mass is 426 g/mol. The van der Waals surface area contributed by atoms with Gasteiger partial charge in [0, 0.05) is 12.6 Å². The Hall–Kier alpha value is -3.00. The summed E-state index contributed by atoms with van der Waals surface area (Å²) in [7, 11) is 3.23. The number of hydrogen-bond acceptors (Lipinski definition) is 6. The molecule has 0 aliphatic rings. The Balaban J connectivity index is 1.94. The third kappa shape index (κ3) is 4.00. The number of carbonyl (C=O) groups is 1. The smallest absolute Gasteiger partial charge is 0.277 e. The summed E-state index contributed by atoms with van der Waals surface area (Å²) in [6, 6.07) is 5.61. The van der Waals surface area contributed by atoms with Crippen LogP contribution in [0.1, 0.15) is 50.7 Å². The predicted octanol–water partition coefficient (Wildman–Crippen LogP) is 3.64. The summed E-state index contributed by atoms with van der Waals surface area (Å²) in [5, 5.41) is 7.77. The topological polar surface area (TPSA) is 86.1 Å². The van der Waals surface area contributed by atoms with Crippen molar-refractivity contribution in [3.63, 3.8) is 0 Å². The molecule has 0 radical (unpaired) electrons. The second-order valence-corrected chi connectivity index (χ2v) is 8.39. The highest BCUT2D eigenvalue weighted by Crippen LogP contribution is 2.30. The first-order valence-electron chi connectivity index (χ1n) is 9.61. The zero-order chi connectivity index (χ0) is 22.2. The van der Waals surface area contributed by atoms with E-state index < -0.39 is 0 Å². The van der Waals surface area contributed by atoms with Crippen molar-refractivity contribution in [1.29, 1.82) is 0 Å². The lowest BCUT2D eigenvalue weighted by molar-refractivity contribution is 0.0943. The molecule has 0 spiro atoms. The van der Waals surface area contributed by atoms with Crippen LogP contribution in [0.15, 0.2) is 23.0 Å². The Labute approximate surface area is 179 Å². The van der Waals surface area contributed by atoms with Crippen LogP contribution >= 0.6 is 11.3 Å². The average Bonchev–Trinajstić information content (AvgIpc) is 3.08. The van der Waals surface area contributed by atoms with Gasteiger partial charge in [-0.1, -0.05) is 17.7 Å². The molecule has 3 aromatic rings. The maximum atomic E-state index is 13.0. The molecule has 0 saturated carbocycles. The Morgan fingerprint density at radius 1 is 1.20 bits per heavy atom. The fourth-order valence-corrected chi connectivity index (χ4v) is 4.41. The van der Waals surface area contributed by atoms with Gasteiger partial charge in [-0.3, -0.25) is 9.59 Å². The summed E-state index contributed by atoms with van der Waals surface area (Å²) < 4.78 is 6.74. The van der Waals surface area contributed by atoms with E-state index >= 15 is 0 Å². The Bertz CT molecular complexity index is 1180. The van der Waals surface area contributed by atoms with Crippen molar-refractivity contribution in [1.82, 2.24) is 20.1 Å². The number of hydrogen-bond donors (Lipinski definition) is 1. The third-order valence-corrected chi connectivity index (χ3v) is 6.32. The number of amides is 1. The van der Waals surface area contributed by atoms with Crippen LogP contribution in [0.25, 0.3) is 10.6 Å². The van der Waals surface area contributed by atoms with Crippen molar-refractivity contribution in [3.8, 4) is 16.3 Å². The molecule has 2 aromatic heterocycles. The number of thiazole rings is 1. The Morgan fingerprint density at radius 3 is 2.57 bits per heavy atom. The number of nitrogens with zero attached hydrogens (tertiary/aromatic N) is 3. The molecule has 30 heavy (non-hydrogen) atoms. The first-order chi connectivity index (χ1) is 14.1. The highest BCUT2D eigenvalue weighted by molar-refractivity contribution is 7.17. The fraction of sp³-hybridized carbons (Fsp3) is 0.364. The fourth-order valence-electron chi connectivity index (χ4n) is 3.35. The van der Waals surface area contributed by atoms with Gasteiger partial charge in [0.25, 0.3) is 11.5 Å². The number of benzene rings is 1. The van der Waals surface area contributed by atoms with E-state index in [1.165, 1.54) is 16.0 Å². The van der Waals surface area contributed by atoms with Gasteiger partial charge in [0.05, 0.1) is 30.1 Å². The van der Waals surface area contributed by atoms with Crippen molar-refractivity contribution in [2.45, 2.75) is 40.7 Å². The molecule has 1 atom stereocenters. The minimum atomic E-state index is -0.255.